The molecule has 7 nitrogen and oxygen atoms in total. The number of aromatic hydroxyl groups is 1. The van der Waals surface area contributed by atoms with Gasteiger partial charge in [-0.3, -0.25) is 10.1 Å². The Bertz CT molecular complexity index is 496. The number of phenolic OH excluding ortho intramolecular Hbond substituents is 1. The van der Waals surface area contributed by atoms with Crippen molar-refractivity contribution < 1.29 is 18.4 Å². The van der Waals surface area contributed by atoms with Crippen LogP contribution in [0.15, 0.2) is 23.1 Å². The molecule has 1 rings (SSSR count). The van der Waals surface area contributed by atoms with Crippen LogP contribution in [0.4, 0.5) is 5.69 Å². The van der Waals surface area contributed by atoms with Gasteiger partial charge in [0.25, 0.3) is 0 Å². The first-order chi connectivity index (χ1) is 6.88. The first kappa shape index (κ1) is 11.4. The first-order valence-corrected chi connectivity index (χ1v) is 5.28. The lowest BCUT2D eigenvalue weighted by Gasteiger charge is -2.02. The molecule has 0 radical (unpaired) electrons. The lowest BCUT2D eigenvalue weighted by Crippen LogP contribution is -2.18. The van der Waals surface area contributed by atoms with E-state index in [1.54, 1.807) is 0 Å². The Morgan fingerprint density at radius 3 is 2.53 bits per heavy atom. The summed E-state index contributed by atoms with van der Waals surface area (Å²) in [5, 5.41) is 19.5. The largest absolute Gasteiger partial charge is 0.502 e. The number of sulfonamides is 1. The van der Waals surface area contributed by atoms with Gasteiger partial charge in [-0.2, -0.15) is 0 Å². The Kier molecular flexibility index (Phi) is 2.91. The Balaban J connectivity index is 3.38. The minimum absolute atomic E-state index is 0.269. The maximum atomic E-state index is 11.3. The monoisotopic (exact) mass is 232 g/mol. The topological polar surface area (TPSA) is 110 Å². The van der Waals surface area contributed by atoms with Crippen LogP contribution in [0.25, 0.3) is 0 Å². The average molecular weight is 232 g/mol. The van der Waals surface area contributed by atoms with E-state index in [-0.39, 0.29) is 4.90 Å². The van der Waals surface area contributed by atoms with Crippen molar-refractivity contribution in [2.75, 3.05) is 7.05 Å². The summed E-state index contributed by atoms with van der Waals surface area (Å²) in [5.41, 5.74) is -0.647. The molecular weight excluding hydrogens is 224 g/mol. The van der Waals surface area contributed by atoms with Crippen LogP contribution in [0, 0.1) is 10.1 Å². The van der Waals surface area contributed by atoms with Crippen LogP contribution in [0.2, 0.25) is 0 Å². The second-order valence-electron chi connectivity index (χ2n) is 2.62. The molecule has 0 aliphatic carbocycles. The number of nitro groups is 1. The summed E-state index contributed by atoms with van der Waals surface area (Å²) in [6.45, 7) is 0. The zero-order valence-corrected chi connectivity index (χ0v) is 8.48. The zero-order valence-electron chi connectivity index (χ0n) is 7.67. The van der Waals surface area contributed by atoms with Gasteiger partial charge in [-0.25, -0.2) is 13.1 Å². The van der Waals surface area contributed by atoms with E-state index in [0.717, 1.165) is 18.2 Å². The summed E-state index contributed by atoms with van der Waals surface area (Å²) < 4.78 is 24.6. The Morgan fingerprint density at radius 2 is 2.07 bits per heavy atom. The highest BCUT2D eigenvalue weighted by molar-refractivity contribution is 7.89. The summed E-state index contributed by atoms with van der Waals surface area (Å²) in [6.07, 6.45) is 0. The van der Waals surface area contributed by atoms with Gasteiger partial charge in [0.05, 0.1) is 9.82 Å². The predicted molar refractivity (Wildman–Crippen MR) is 51.0 cm³/mol. The van der Waals surface area contributed by atoms with E-state index in [1.165, 1.54) is 7.05 Å². The number of nitrogens with one attached hydrogen (secondary N) is 1. The van der Waals surface area contributed by atoms with Crippen LogP contribution < -0.4 is 4.72 Å². The standard InChI is InChI=1S/C7H8N2O5S/c1-8-15(13,14)5-2-3-7(10)6(4-5)9(11)12/h2-4,8,10H,1H3. The van der Waals surface area contributed by atoms with Crippen LogP contribution in [0.3, 0.4) is 0 Å². The normalized spacial score (nSPS) is 11.3. The highest BCUT2D eigenvalue weighted by Crippen LogP contribution is 2.27. The summed E-state index contributed by atoms with van der Waals surface area (Å²) in [7, 11) is -2.55. The van der Waals surface area contributed by atoms with E-state index in [9.17, 15) is 18.5 Å². The maximum Gasteiger partial charge on any atom is 0.312 e. The molecule has 0 saturated heterocycles. The molecule has 1 aromatic rings. The highest BCUT2D eigenvalue weighted by Gasteiger charge is 2.19. The van der Waals surface area contributed by atoms with Crippen LogP contribution in [0.5, 0.6) is 5.75 Å². The van der Waals surface area contributed by atoms with Crippen molar-refractivity contribution in [1.82, 2.24) is 4.72 Å². The molecule has 0 aromatic heterocycles. The summed E-state index contributed by atoms with van der Waals surface area (Å²) >= 11 is 0. The molecule has 1 aromatic carbocycles. The Morgan fingerprint density at radius 1 is 1.47 bits per heavy atom. The Labute approximate surface area is 85.6 Å². The minimum atomic E-state index is -3.74. The van der Waals surface area contributed by atoms with E-state index in [1.807, 2.05) is 4.72 Å². The maximum absolute atomic E-state index is 11.3. The average Bonchev–Trinajstić information content (AvgIpc) is 2.17. The van der Waals surface area contributed by atoms with Crippen LogP contribution >= 0.6 is 0 Å². The number of rotatable bonds is 3. The van der Waals surface area contributed by atoms with Crippen molar-refractivity contribution >= 4 is 15.7 Å². The fraction of sp³-hybridized carbons (Fsp3) is 0.143. The number of nitrogens with zero attached hydrogens (tertiary/aromatic N) is 1. The van der Waals surface area contributed by atoms with E-state index >= 15 is 0 Å². The third-order valence-electron chi connectivity index (χ3n) is 1.72. The second kappa shape index (κ2) is 3.83. The second-order valence-corrected chi connectivity index (χ2v) is 4.50. The van der Waals surface area contributed by atoms with Crippen LogP contribution in [-0.2, 0) is 10.0 Å². The number of hydrogen-bond donors (Lipinski definition) is 2. The van der Waals surface area contributed by atoms with Crippen molar-refractivity contribution in [2.45, 2.75) is 4.90 Å². The third kappa shape index (κ3) is 2.22. The van der Waals surface area contributed by atoms with Gasteiger partial charge < -0.3 is 5.11 Å². The lowest BCUT2D eigenvalue weighted by atomic mass is 10.3. The number of phenols is 1. The van der Waals surface area contributed by atoms with Crippen molar-refractivity contribution in [3.63, 3.8) is 0 Å². The van der Waals surface area contributed by atoms with Crippen molar-refractivity contribution in [3.8, 4) is 5.75 Å². The fourth-order valence-corrected chi connectivity index (χ4v) is 1.68. The van der Waals surface area contributed by atoms with Crippen molar-refractivity contribution in [1.29, 1.82) is 0 Å². The van der Waals surface area contributed by atoms with Crippen molar-refractivity contribution in [3.05, 3.63) is 28.3 Å². The van der Waals surface area contributed by atoms with Gasteiger partial charge in [0, 0.05) is 6.07 Å². The lowest BCUT2D eigenvalue weighted by molar-refractivity contribution is -0.386. The van der Waals surface area contributed by atoms with Gasteiger partial charge in [-0.15, -0.1) is 0 Å². The summed E-state index contributed by atoms with van der Waals surface area (Å²) in [5.74, 6) is -0.574. The molecule has 0 unspecified atom stereocenters. The van der Waals surface area contributed by atoms with Gasteiger partial charge in [0.15, 0.2) is 5.75 Å². The molecule has 15 heavy (non-hydrogen) atoms. The molecule has 0 aliphatic heterocycles. The zero-order chi connectivity index (χ0) is 11.6. The smallest absolute Gasteiger partial charge is 0.312 e. The molecular formula is C7H8N2O5S. The van der Waals surface area contributed by atoms with Crippen LogP contribution in [0.1, 0.15) is 0 Å². The van der Waals surface area contributed by atoms with E-state index in [4.69, 9.17) is 5.11 Å². The van der Waals surface area contributed by atoms with E-state index in [0.29, 0.717) is 0 Å². The molecule has 0 atom stereocenters. The predicted octanol–water partition coefficient (Wildman–Crippen LogP) is 0.208. The molecule has 0 amide bonds. The summed E-state index contributed by atoms with van der Waals surface area (Å²) in [6, 6.07) is 2.83. The molecule has 0 aliphatic rings. The van der Waals surface area contributed by atoms with Gasteiger partial charge in [-0.05, 0) is 19.2 Å². The SMILES string of the molecule is CNS(=O)(=O)c1ccc(O)c([N+](=O)[O-])c1. The van der Waals surface area contributed by atoms with Crippen molar-refractivity contribution in [2.24, 2.45) is 0 Å². The molecule has 0 saturated carbocycles. The quantitative estimate of drug-likeness (QED) is 0.571. The first-order valence-electron chi connectivity index (χ1n) is 3.79. The molecule has 0 fully saturated rings. The van der Waals surface area contributed by atoms with Gasteiger partial charge >= 0.3 is 5.69 Å². The van der Waals surface area contributed by atoms with Crippen LogP contribution in [-0.4, -0.2) is 25.5 Å². The highest BCUT2D eigenvalue weighted by atomic mass is 32.2. The van der Waals surface area contributed by atoms with E-state index in [2.05, 4.69) is 0 Å². The molecule has 0 heterocycles. The number of nitro benzene ring substituents is 1. The fourth-order valence-electron chi connectivity index (χ4n) is 0.934. The van der Waals surface area contributed by atoms with Gasteiger partial charge in [-0.1, -0.05) is 0 Å². The molecule has 8 heteroatoms. The molecule has 2 N–H and O–H groups in total. The summed E-state index contributed by atoms with van der Waals surface area (Å²) in [4.78, 5) is 9.29. The third-order valence-corrected chi connectivity index (χ3v) is 3.13. The Hall–Kier alpha value is -1.67. The molecule has 0 spiro atoms. The molecule has 0 bridgehead atoms. The number of hydrogen-bond acceptors (Lipinski definition) is 5. The van der Waals surface area contributed by atoms with Gasteiger partial charge in [0.2, 0.25) is 10.0 Å². The number of benzene rings is 1. The van der Waals surface area contributed by atoms with Gasteiger partial charge in [0.1, 0.15) is 0 Å². The minimum Gasteiger partial charge on any atom is -0.502 e. The van der Waals surface area contributed by atoms with E-state index < -0.39 is 26.4 Å². The molecule has 82 valence electrons.